The number of allylic oxidation sites excluding steroid dienone is 1. The van der Waals surface area contributed by atoms with Crippen LogP contribution in [0.5, 0.6) is 5.75 Å². The van der Waals surface area contributed by atoms with Gasteiger partial charge in [0.15, 0.2) is 0 Å². The van der Waals surface area contributed by atoms with Crippen molar-refractivity contribution in [3.05, 3.63) is 58.7 Å². The first-order valence-electron chi connectivity index (χ1n) is 8.97. The molecule has 1 N–H and O–H groups in total. The fourth-order valence-corrected chi connectivity index (χ4v) is 3.02. The number of nitrogens with zero attached hydrogens (tertiary/aromatic N) is 2. The number of rotatable bonds is 5. The molecular formula is C22H22FN3O. The number of ether oxygens (including phenoxy) is 1. The van der Waals surface area contributed by atoms with E-state index in [1.54, 1.807) is 6.07 Å². The van der Waals surface area contributed by atoms with E-state index in [1.165, 1.54) is 12.1 Å². The molecule has 0 amide bonds. The van der Waals surface area contributed by atoms with Crippen molar-refractivity contribution in [2.75, 3.05) is 6.61 Å². The summed E-state index contributed by atoms with van der Waals surface area (Å²) < 4.78 is 19.2. The smallest absolute Gasteiger partial charge is 0.149 e. The largest absolute Gasteiger partial charge is 0.494 e. The quantitative estimate of drug-likeness (QED) is 0.601. The van der Waals surface area contributed by atoms with Crippen molar-refractivity contribution in [1.82, 2.24) is 9.97 Å². The van der Waals surface area contributed by atoms with E-state index in [9.17, 15) is 9.65 Å². The molecule has 0 atom stereocenters. The summed E-state index contributed by atoms with van der Waals surface area (Å²) in [4.78, 5) is 7.45. The molecule has 0 fully saturated rings. The van der Waals surface area contributed by atoms with Crippen LogP contribution in [0, 0.1) is 24.1 Å². The summed E-state index contributed by atoms with van der Waals surface area (Å²) in [7, 11) is 0. The Morgan fingerprint density at radius 2 is 2.11 bits per heavy atom. The molecule has 0 saturated carbocycles. The Kier molecular flexibility index (Phi) is 5.27. The van der Waals surface area contributed by atoms with Gasteiger partial charge in [0.2, 0.25) is 0 Å². The van der Waals surface area contributed by atoms with Crippen LogP contribution >= 0.6 is 0 Å². The normalized spacial score (nSPS) is 11.8. The maximum Gasteiger partial charge on any atom is 0.149 e. The SMILES string of the molecule is CCOc1cc(C)c(/C=C(/C#N)c2nc3ccc(F)cc3[nH]2)cc1C(C)C. The molecule has 3 aromatic rings. The molecule has 1 aromatic heterocycles. The molecule has 0 unspecified atom stereocenters. The van der Waals surface area contributed by atoms with Gasteiger partial charge >= 0.3 is 0 Å². The maximum atomic E-state index is 13.4. The predicted molar refractivity (Wildman–Crippen MR) is 106 cm³/mol. The molecular weight excluding hydrogens is 341 g/mol. The van der Waals surface area contributed by atoms with Crippen molar-refractivity contribution in [2.24, 2.45) is 0 Å². The fourth-order valence-electron chi connectivity index (χ4n) is 3.02. The highest BCUT2D eigenvalue weighted by molar-refractivity contribution is 5.91. The first-order valence-corrected chi connectivity index (χ1v) is 8.97. The van der Waals surface area contributed by atoms with Crippen molar-refractivity contribution < 1.29 is 9.13 Å². The minimum absolute atomic E-state index is 0.291. The van der Waals surface area contributed by atoms with Gasteiger partial charge in [-0.15, -0.1) is 0 Å². The van der Waals surface area contributed by atoms with Crippen LogP contribution in [0.15, 0.2) is 30.3 Å². The van der Waals surface area contributed by atoms with Gasteiger partial charge in [-0.2, -0.15) is 5.26 Å². The first kappa shape index (κ1) is 18.7. The zero-order valence-electron chi connectivity index (χ0n) is 15.9. The number of halogens is 1. The van der Waals surface area contributed by atoms with E-state index in [4.69, 9.17) is 4.74 Å². The molecule has 3 rings (SSSR count). The molecule has 0 spiro atoms. The van der Waals surface area contributed by atoms with Gasteiger partial charge in [0.25, 0.3) is 0 Å². The summed E-state index contributed by atoms with van der Waals surface area (Å²) in [6, 6.07) is 10.6. The lowest BCUT2D eigenvalue weighted by atomic mass is 9.95. The van der Waals surface area contributed by atoms with Gasteiger partial charge in [-0.25, -0.2) is 9.37 Å². The number of benzene rings is 2. The zero-order chi connectivity index (χ0) is 19.6. The summed E-state index contributed by atoms with van der Waals surface area (Å²) in [6.45, 7) is 8.78. The Balaban J connectivity index is 2.09. The van der Waals surface area contributed by atoms with E-state index in [2.05, 4.69) is 36.0 Å². The first-order chi connectivity index (χ1) is 12.9. The van der Waals surface area contributed by atoms with E-state index < -0.39 is 0 Å². The highest BCUT2D eigenvalue weighted by Gasteiger charge is 2.13. The number of hydrogen-bond acceptors (Lipinski definition) is 3. The molecule has 4 nitrogen and oxygen atoms in total. The monoisotopic (exact) mass is 363 g/mol. The Morgan fingerprint density at radius 3 is 2.78 bits per heavy atom. The molecule has 0 saturated heterocycles. The van der Waals surface area contributed by atoms with Crippen molar-refractivity contribution >= 4 is 22.7 Å². The Labute approximate surface area is 158 Å². The summed E-state index contributed by atoms with van der Waals surface area (Å²) in [5.41, 5.74) is 4.63. The van der Waals surface area contributed by atoms with Crippen LogP contribution in [0.1, 0.15) is 49.2 Å². The molecule has 27 heavy (non-hydrogen) atoms. The van der Waals surface area contributed by atoms with Crippen LogP contribution < -0.4 is 4.74 Å². The molecule has 0 aliphatic carbocycles. The summed E-state index contributed by atoms with van der Waals surface area (Å²) in [5.74, 6) is 1.25. The Morgan fingerprint density at radius 1 is 1.33 bits per heavy atom. The van der Waals surface area contributed by atoms with Crippen LogP contribution in [0.25, 0.3) is 22.7 Å². The molecule has 0 radical (unpaired) electrons. The number of fused-ring (bicyclic) bond motifs is 1. The number of imidazole rings is 1. The number of aromatic amines is 1. The third kappa shape index (κ3) is 3.85. The summed E-state index contributed by atoms with van der Waals surface area (Å²) in [5, 5.41) is 9.65. The molecule has 5 heteroatoms. The van der Waals surface area contributed by atoms with Crippen LogP contribution in [0.4, 0.5) is 4.39 Å². The molecule has 138 valence electrons. The lowest BCUT2D eigenvalue weighted by Crippen LogP contribution is -2.00. The second-order valence-electron chi connectivity index (χ2n) is 6.75. The predicted octanol–water partition coefficient (Wildman–Crippen LogP) is 5.60. The fraction of sp³-hybridized carbons (Fsp3) is 0.273. The van der Waals surface area contributed by atoms with Crippen LogP contribution in [-0.4, -0.2) is 16.6 Å². The van der Waals surface area contributed by atoms with Crippen molar-refractivity contribution in [3.63, 3.8) is 0 Å². The Hall–Kier alpha value is -3.13. The average Bonchev–Trinajstić information content (AvgIpc) is 3.03. The van der Waals surface area contributed by atoms with Crippen LogP contribution in [-0.2, 0) is 0 Å². The van der Waals surface area contributed by atoms with E-state index in [0.29, 0.717) is 35.0 Å². The van der Waals surface area contributed by atoms with Crippen molar-refractivity contribution in [1.29, 1.82) is 5.26 Å². The van der Waals surface area contributed by atoms with Crippen molar-refractivity contribution in [2.45, 2.75) is 33.6 Å². The van der Waals surface area contributed by atoms with Crippen LogP contribution in [0.3, 0.4) is 0 Å². The van der Waals surface area contributed by atoms with E-state index >= 15 is 0 Å². The standard InChI is InChI=1S/C22H22FN3O/c1-5-27-21-8-14(4)15(10-18(21)13(2)3)9-16(12-24)22-25-19-7-6-17(23)11-20(19)26-22/h6-11,13H,5H2,1-4H3,(H,25,26)/b16-9-. The summed E-state index contributed by atoms with van der Waals surface area (Å²) in [6.07, 6.45) is 1.81. The van der Waals surface area contributed by atoms with Gasteiger partial charge < -0.3 is 9.72 Å². The minimum atomic E-state index is -0.343. The van der Waals surface area contributed by atoms with Gasteiger partial charge in [-0.05, 0) is 72.9 Å². The van der Waals surface area contributed by atoms with Gasteiger partial charge in [0.05, 0.1) is 23.2 Å². The van der Waals surface area contributed by atoms with Gasteiger partial charge in [0, 0.05) is 0 Å². The number of aryl methyl sites for hydroxylation is 1. The molecule has 0 bridgehead atoms. The van der Waals surface area contributed by atoms with Gasteiger partial charge in [-0.3, -0.25) is 0 Å². The van der Waals surface area contributed by atoms with E-state index in [1.807, 2.05) is 26.0 Å². The minimum Gasteiger partial charge on any atom is -0.494 e. The lowest BCUT2D eigenvalue weighted by Gasteiger charge is -2.16. The molecule has 2 aromatic carbocycles. The molecule has 1 heterocycles. The third-order valence-corrected chi connectivity index (χ3v) is 4.44. The average molecular weight is 363 g/mol. The van der Waals surface area contributed by atoms with E-state index in [-0.39, 0.29) is 5.82 Å². The maximum absolute atomic E-state index is 13.4. The number of nitrogens with one attached hydrogen (secondary N) is 1. The van der Waals surface area contributed by atoms with Crippen LogP contribution in [0.2, 0.25) is 0 Å². The number of hydrogen-bond donors (Lipinski definition) is 1. The highest BCUT2D eigenvalue weighted by atomic mass is 19.1. The summed E-state index contributed by atoms with van der Waals surface area (Å²) >= 11 is 0. The number of H-pyrrole nitrogens is 1. The third-order valence-electron chi connectivity index (χ3n) is 4.44. The topological polar surface area (TPSA) is 61.7 Å². The second-order valence-corrected chi connectivity index (χ2v) is 6.75. The van der Waals surface area contributed by atoms with E-state index in [0.717, 1.165) is 22.4 Å². The zero-order valence-corrected chi connectivity index (χ0v) is 15.9. The number of nitriles is 1. The molecule has 0 aliphatic rings. The molecule has 0 aliphatic heterocycles. The Bertz CT molecular complexity index is 1060. The van der Waals surface area contributed by atoms with Crippen molar-refractivity contribution in [3.8, 4) is 11.8 Å². The second kappa shape index (κ2) is 7.63. The lowest BCUT2D eigenvalue weighted by molar-refractivity contribution is 0.335. The highest BCUT2D eigenvalue weighted by Crippen LogP contribution is 2.31. The number of aromatic nitrogens is 2. The van der Waals surface area contributed by atoms with Gasteiger partial charge in [-0.1, -0.05) is 13.8 Å². The van der Waals surface area contributed by atoms with Gasteiger partial charge in [0.1, 0.15) is 23.5 Å².